The molecule has 4 heterocycles. The Bertz CT molecular complexity index is 1180. The minimum absolute atomic E-state index is 0.0525. The zero-order valence-electron chi connectivity index (χ0n) is 17.4. The average Bonchev–Trinajstić information content (AvgIpc) is 3.58. The standard InChI is InChI=1S/C23H23N5OS2/c1-16(17-5-7-18(8-6-17)28-15-24-14-25-28)26(2)22(29)21-19-9-12-30-13-20(19)31-23(21)27-10-3-4-11-27/h3-8,10-11,14-16H,9,12-13H2,1-2H3. The zero-order chi connectivity index (χ0) is 21.4. The molecule has 1 unspecified atom stereocenters. The first-order valence-corrected chi connectivity index (χ1v) is 12.2. The SMILES string of the molecule is CC(c1ccc(-n2cncn2)cc1)N(C)C(=O)c1c(-n2cccc2)sc2c1CCSC2. The summed E-state index contributed by atoms with van der Waals surface area (Å²) in [5.41, 5.74) is 4.13. The molecule has 6 nitrogen and oxygen atoms in total. The van der Waals surface area contributed by atoms with Gasteiger partial charge in [-0.25, -0.2) is 9.67 Å². The summed E-state index contributed by atoms with van der Waals surface area (Å²) in [5, 5.41) is 5.20. The molecule has 0 saturated heterocycles. The minimum Gasteiger partial charge on any atom is -0.335 e. The van der Waals surface area contributed by atoms with Gasteiger partial charge < -0.3 is 9.47 Å². The first-order chi connectivity index (χ1) is 15.1. The number of thioether (sulfide) groups is 1. The van der Waals surface area contributed by atoms with Crippen molar-refractivity contribution >= 4 is 29.0 Å². The highest BCUT2D eigenvalue weighted by atomic mass is 32.2. The molecule has 1 amide bonds. The largest absolute Gasteiger partial charge is 0.335 e. The summed E-state index contributed by atoms with van der Waals surface area (Å²) in [4.78, 5) is 20.9. The second-order valence-electron chi connectivity index (χ2n) is 7.60. The van der Waals surface area contributed by atoms with Crippen molar-refractivity contribution in [1.82, 2.24) is 24.2 Å². The average molecular weight is 450 g/mol. The topological polar surface area (TPSA) is 56.0 Å². The van der Waals surface area contributed by atoms with Crippen LogP contribution >= 0.6 is 23.1 Å². The van der Waals surface area contributed by atoms with Gasteiger partial charge in [0.05, 0.1) is 17.3 Å². The molecule has 0 N–H and O–H groups in total. The summed E-state index contributed by atoms with van der Waals surface area (Å²) in [5.74, 6) is 2.14. The molecular formula is C23H23N5OS2. The number of thiophene rings is 1. The molecule has 4 aromatic rings. The molecule has 0 aliphatic carbocycles. The molecule has 8 heteroatoms. The number of aromatic nitrogens is 4. The summed E-state index contributed by atoms with van der Waals surface area (Å²) >= 11 is 3.70. The fourth-order valence-electron chi connectivity index (χ4n) is 3.91. The molecule has 158 valence electrons. The Kier molecular flexibility index (Phi) is 5.41. The summed E-state index contributed by atoms with van der Waals surface area (Å²) in [6, 6.07) is 12.1. The number of carbonyl (C=O) groups is 1. The fourth-order valence-corrected chi connectivity index (χ4v) is 6.35. The minimum atomic E-state index is -0.0525. The normalized spacial score (nSPS) is 14.3. The highest BCUT2D eigenvalue weighted by molar-refractivity contribution is 7.98. The van der Waals surface area contributed by atoms with Crippen molar-refractivity contribution in [2.75, 3.05) is 12.8 Å². The van der Waals surface area contributed by atoms with Gasteiger partial charge in [0.1, 0.15) is 17.7 Å². The van der Waals surface area contributed by atoms with Crippen molar-refractivity contribution in [2.24, 2.45) is 0 Å². The van der Waals surface area contributed by atoms with Gasteiger partial charge in [-0.15, -0.1) is 11.3 Å². The van der Waals surface area contributed by atoms with Crippen LogP contribution in [0.2, 0.25) is 0 Å². The van der Waals surface area contributed by atoms with E-state index < -0.39 is 0 Å². The third-order valence-corrected chi connectivity index (χ3v) is 8.23. The van der Waals surface area contributed by atoms with E-state index in [1.54, 1.807) is 22.3 Å². The molecule has 0 bridgehead atoms. The van der Waals surface area contributed by atoms with Gasteiger partial charge in [-0.1, -0.05) is 12.1 Å². The van der Waals surface area contributed by atoms with Crippen molar-refractivity contribution < 1.29 is 4.79 Å². The van der Waals surface area contributed by atoms with Crippen LogP contribution in [0.5, 0.6) is 0 Å². The number of hydrogen-bond acceptors (Lipinski definition) is 5. The maximum Gasteiger partial charge on any atom is 0.257 e. The molecule has 5 rings (SSSR count). The quantitative estimate of drug-likeness (QED) is 0.442. The van der Waals surface area contributed by atoms with Gasteiger partial charge in [0.25, 0.3) is 5.91 Å². The van der Waals surface area contributed by atoms with Gasteiger partial charge in [0.15, 0.2) is 0 Å². The summed E-state index contributed by atoms with van der Waals surface area (Å²) < 4.78 is 3.80. The Morgan fingerprint density at radius 3 is 2.68 bits per heavy atom. The van der Waals surface area contributed by atoms with Crippen molar-refractivity contribution in [3.8, 4) is 10.7 Å². The van der Waals surface area contributed by atoms with Crippen LogP contribution in [0.4, 0.5) is 0 Å². The van der Waals surface area contributed by atoms with Gasteiger partial charge in [-0.05, 0) is 54.5 Å². The molecule has 3 aromatic heterocycles. The van der Waals surface area contributed by atoms with Crippen LogP contribution in [0.1, 0.15) is 39.3 Å². The highest BCUT2D eigenvalue weighted by Gasteiger charge is 2.30. The predicted octanol–water partition coefficient (Wildman–Crippen LogP) is 4.74. The molecule has 1 aromatic carbocycles. The van der Waals surface area contributed by atoms with E-state index in [0.29, 0.717) is 0 Å². The van der Waals surface area contributed by atoms with Crippen LogP contribution in [0, 0.1) is 0 Å². The lowest BCUT2D eigenvalue weighted by molar-refractivity contribution is 0.0742. The van der Waals surface area contributed by atoms with Gasteiger partial charge >= 0.3 is 0 Å². The molecule has 1 aliphatic rings. The molecule has 0 radical (unpaired) electrons. The summed E-state index contributed by atoms with van der Waals surface area (Å²) in [6.07, 6.45) is 8.19. The lowest BCUT2D eigenvalue weighted by Crippen LogP contribution is -2.31. The predicted molar refractivity (Wildman–Crippen MR) is 125 cm³/mol. The lowest BCUT2D eigenvalue weighted by atomic mass is 10.0. The van der Waals surface area contributed by atoms with Crippen LogP contribution in [-0.4, -0.2) is 42.9 Å². The third-order valence-electron chi connectivity index (χ3n) is 5.81. The molecule has 0 saturated carbocycles. The van der Waals surface area contributed by atoms with E-state index in [4.69, 9.17) is 0 Å². The van der Waals surface area contributed by atoms with Gasteiger partial charge in [0.2, 0.25) is 0 Å². The maximum atomic E-state index is 13.8. The van der Waals surface area contributed by atoms with Gasteiger partial charge in [0, 0.05) is 30.1 Å². The van der Waals surface area contributed by atoms with Crippen molar-refractivity contribution in [2.45, 2.75) is 25.1 Å². The van der Waals surface area contributed by atoms with Gasteiger partial charge in [-0.2, -0.15) is 16.9 Å². The van der Waals surface area contributed by atoms with E-state index in [1.807, 2.05) is 60.4 Å². The molecule has 1 aliphatic heterocycles. The molecule has 31 heavy (non-hydrogen) atoms. The Labute approximate surface area is 189 Å². The first-order valence-electron chi connectivity index (χ1n) is 10.2. The van der Waals surface area contributed by atoms with Crippen LogP contribution in [-0.2, 0) is 12.2 Å². The Balaban J connectivity index is 1.45. The van der Waals surface area contributed by atoms with E-state index in [-0.39, 0.29) is 11.9 Å². The van der Waals surface area contributed by atoms with E-state index >= 15 is 0 Å². The second-order valence-corrected chi connectivity index (χ2v) is 9.79. The van der Waals surface area contributed by atoms with Crippen LogP contribution in [0.15, 0.2) is 61.4 Å². The smallest absolute Gasteiger partial charge is 0.257 e. The molecular weight excluding hydrogens is 426 g/mol. The lowest BCUT2D eigenvalue weighted by Gasteiger charge is -2.27. The zero-order valence-corrected chi connectivity index (χ0v) is 19.1. The fraction of sp³-hybridized carbons (Fsp3) is 0.261. The number of rotatable bonds is 5. The summed E-state index contributed by atoms with van der Waals surface area (Å²) in [7, 11) is 1.90. The Morgan fingerprint density at radius 1 is 1.19 bits per heavy atom. The highest BCUT2D eigenvalue weighted by Crippen LogP contribution is 2.39. The Hall–Kier alpha value is -2.84. The van der Waals surface area contributed by atoms with Crippen molar-refractivity contribution in [3.05, 3.63) is 83.0 Å². The Morgan fingerprint density at radius 2 is 1.97 bits per heavy atom. The van der Waals surface area contributed by atoms with E-state index in [9.17, 15) is 4.79 Å². The third kappa shape index (κ3) is 3.70. The number of benzene rings is 1. The second kappa shape index (κ2) is 8.36. The number of nitrogens with zero attached hydrogens (tertiary/aromatic N) is 5. The molecule has 0 spiro atoms. The summed E-state index contributed by atoms with van der Waals surface area (Å²) in [6.45, 7) is 2.08. The molecule has 1 atom stereocenters. The van der Waals surface area contributed by atoms with Crippen LogP contribution in [0.25, 0.3) is 10.7 Å². The van der Waals surface area contributed by atoms with Crippen molar-refractivity contribution in [3.63, 3.8) is 0 Å². The first kappa shape index (κ1) is 20.1. The number of amides is 1. The van der Waals surface area contributed by atoms with E-state index in [2.05, 4.69) is 33.7 Å². The van der Waals surface area contributed by atoms with Crippen molar-refractivity contribution in [1.29, 1.82) is 0 Å². The number of fused-ring (bicyclic) bond motifs is 1. The maximum absolute atomic E-state index is 13.8. The van der Waals surface area contributed by atoms with E-state index in [0.717, 1.165) is 39.7 Å². The number of carbonyl (C=O) groups excluding carboxylic acids is 1. The van der Waals surface area contributed by atoms with Crippen LogP contribution in [0.3, 0.4) is 0 Å². The number of hydrogen-bond donors (Lipinski definition) is 0. The van der Waals surface area contributed by atoms with E-state index in [1.165, 1.54) is 16.8 Å². The van der Waals surface area contributed by atoms with Crippen LogP contribution < -0.4 is 0 Å². The monoisotopic (exact) mass is 449 g/mol. The van der Waals surface area contributed by atoms with Gasteiger partial charge in [-0.3, -0.25) is 4.79 Å². The molecule has 0 fully saturated rings.